The molecule has 0 amide bonds. The molecule has 0 aliphatic heterocycles. The fourth-order valence-electron chi connectivity index (χ4n) is 1.75. The molecule has 2 N–H and O–H groups in total. The van der Waals surface area contributed by atoms with Gasteiger partial charge in [-0.25, -0.2) is 0 Å². The smallest absolute Gasteiger partial charge is 0.0914 e. The van der Waals surface area contributed by atoms with Crippen LogP contribution in [0.15, 0.2) is 24.3 Å². The third kappa shape index (κ3) is 6.39. The van der Waals surface area contributed by atoms with Gasteiger partial charge in [-0.15, -0.1) is 0 Å². The highest BCUT2D eigenvalue weighted by Gasteiger charge is 2.07. The minimum atomic E-state index is -0.472. The van der Waals surface area contributed by atoms with Gasteiger partial charge in [0.05, 0.1) is 6.10 Å². The van der Waals surface area contributed by atoms with E-state index in [0.717, 1.165) is 25.1 Å². The zero-order valence-corrected chi connectivity index (χ0v) is 12.8. The van der Waals surface area contributed by atoms with Gasteiger partial charge in [0, 0.05) is 17.6 Å². The molecule has 108 valence electrons. The Balaban J connectivity index is 2.17. The van der Waals surface area contributed by atoms with Crippen LogP contribution in [0.2, 0.25) is 5.02 Å². The first-order chi connectivity index (χ1) is 9.00. The molecule has 1 unspecified atom stereocenters. The lowest BCUT2D eigenvalue weighted by Gasteiger charge is -2.21. The van der Waals surface area contributed by atoms with E-state index in [1.807, 2.05) is 12.1 Å². The summed E-state index contributed by atoms with van der Waals surface area (Å²) in [5, 5.41) is 14.0. The van der Waals surface area contributed by atoms with Gasteiger partial charge in [-0.3, -0.25) is 0 Å². The van der Waals surface area contributed by atoms with Crippen molar-refractivity contribution in [2.45, 2.75) is 32.4 Å². The number of hydrogen-bond acceptors (Lipinski definition) is 3. The Kier molecular flexibility index (Phi) is 7.39. The lowest BCUT2D eigenvalue weighted by atomic mass is 10.1. The van der Waals surface area contributed by atoms with E-state index >= 15 is 0 Å². The van der Waals surface area contributed by atoms with Crippen LogP contribution in [0.4, 0.5) is 0 Å². The van der Waals surface area contributed by atoms with E-state index in [2.05, 4.69) is 31.1 Å². The van der Waals surface area contributed by atoms with E-state index in [1.165, 1.54) is 0 Å². The van der Waals surface area contributed by atoms with Crippen molar-refractivity contribution in [1.82, 2.24) is 10.2 Å². The number of rotatable bonds is 8. The van der Waals surface area contributed by atoms with Crippen molar-refractivity contribution < 1.29 is 5.11 Å². The predicted molar refractivity (Wildman–Crippen MR) is 81.7 cm³/mol. The first-order valence-corrected chi connectivity index (χ1v) is 7.23. The zero-order valence-electron chi connectivity index (χ0n) is 12.1. The number of halogens is 1. The maximum atomic E-state index is 9.99. The standard InChI is InChI=1S/C15H25ClN2O/c1-12(2)18(3)10-4-9-17-11-15(19)13-5-7-14(16)8-6-13/h5-8,12,15,17,19H,4,9-11H2,1-3H3. The second kappa shape index (κ2) is 8.54. The Morgan fingerprint density at radius 2 is 1.89 bits per heavy atom. The molecule has 1 aromatic carbocycles. The molecule has 1 aromatic rings. The van der Waals surface area contributed by atoms with Crippen molar-refractivity contribution in [3.05, 3.63) is 34.9 Å². The largest absolute Gasteiger partial charge is 0.387 e. The van der Waals surface area contributed by atoms with E-state index in [4.69, 9.17) is 11.6 Å². The molecular weight excluding hydrogens is 260 g/mol. The predicted octanol–water partition coefficient (Wildman–Crippen LogP) is 2.69. The molecule has 0 heterocycles. The van der Waals surface area contributed by atoms with E-state index in [0.29, 0.717) is 17.6 Å². The molecule has 0 saturated heterocycles. The minimum absolute atomic E-state index is 0.472. The van der Waals surface area contributed by atoms with Gasteiger partial charge in [0.2, 0.25) is 0 Å². The monoisotopic (exact) mass is 284 g/mol. The van der Waals surface area contributed by atoms with Crippen molar-refractivity contribution in [3.8, 4) is 0 Å². The number of nitrogens with one attached hydrogen (secondary N) is 1. The fourth-order valence-corrected chi connectivity index (χ4v) is 1.88. The maximum absolute atomic E-state index is 9.99. The molecule has 0 aliphatic rings. The number of aliphatic hydroxyl groups is 1. The summed E-state index contributed by atoms with van der Waals surface area (Å²) in [6, 6.07) is 7.91. The maximum Gasteiger partial charge on any atom is 0.0914 e. The number of aliphatic hydroxyl groups excluding tert-OH is 1. The van der Waals surface area contributed by atoms with Crippen molar-refractivity contribution >= 4 is 11.6 Å². The summed E-state index contributed by atoms with van der Waals surface area (Å²) < 4.78 is 0. The van der Waals surface area contributed by atoms with Crippen LogP contribution in [-0.2, 0) is 0 Å². The Morgan fingerprint density at radius 1 is 1.26 bits per heavy atom. The average molecular weight is 285 g/mol. The molecule has 3 nitrogen and oxygen atoms in total. The summed E-state index contributed by atoms with van der Waals surface area (Å²) in [4.78, 5) is 2.32. The van der Waals surface area contributed by atoms with E-state index < -0.39 is 6.10 Å². The van der Waals surface area contributed by atoms with Gasteiger partial charge in [0.1, 0.15) is 0 Å². The van der Waals surface area contributed by atoms with Gasteiger partial charge in [-0.2, -0.15) is 0 Å². The molecule has 1 atom stereocenters. The summed E-state index contributed by atoms with van der Waals surface area (Å²) in [6.45, 7) is 6.95. The number of benzene rings is 1. The minimum Gasteiger partial charge on any atom is -0.387 e. The first-order valence-electron chi connectivity index (χ1n) is 6.85. The topological polar surface area (TPSA) is 35.5 Å². The van der Waals surface area contributed by atoms with Gasteiger partial charge >= 0.3 is 0 Å². The van der Waals surface area contributed by atoms with Crippen LogP contribution in [0.5, 0.6) is 0 Å². The van der Waals surface area contributed by atoms with Crippen molar-refractivity contribution in [2.24, 2.45) is 0 Å². The highest BCUT2D eigenvalue weighted by atomic mass is 35.5. The molecule has 0 aromatic heterocycles. The summed E-state index contributed by atoms with van der Waals surface area (Å²) in [7, 11) is 2.13. The Morgan fingerprint density at radius 3 is 2.47 bits per heavy atom. The van der Waals surface area contributed by atoms with Crippen LogP contribution < -0.4 is 5.32 Å². The molecule has 1 rings (SSSR count). The lowest BCUT2D eigenvalue weighted by Crippen LogP contribution is -2.30. The first kappa shape index (κ1) is 16.4. The van der Waals surface area contributed by atoms with Crippen LogP contribution in [0.25, 0.3) is 0 Å². The second-order valence-electron chi connectivity index (χ2n) is 5.20. The van der Waals surface area contributed by atoms with Gasteiger partial charge < -0.3 is 15.3 Å². The molecule has 4 heteroatoms. The highest BCUT2D eigenvalue weighted by Crippen LogP contribution is 2.15. The third-order valence-electron chi connectivity index (χ3n) is 3.34. The van der Waals surface area contributed by atoms with E-state index in [1.54, 1.807) is 12.1 Å². The van der Waals surface area contributed by atoms with Crippen LogP contribution >= 0.6 is 11.6 Å². The highest BCUT2D eigenvalue weighted by molar-refractivity contribution is 6.30. The Labute approximate surface area is 121 Å². The molecule has 0 bridgehead atoms. The fraction of sp³-hybridized carbons (Fsp3) is 0.600. The SMILES string of the molecule is CC(C)N(C)CCCNCC(O)c1ccc(Cl)cc1. The van der Waals surface area contributed by atoms with Crippen LogP contribution in [0.3, 0.4) is 0 Å². The third-order valence-corrected chi connectivity index (χ3v) is 3.59. The van der Waals surface area contributed by atoms with Crippen LogP contribution in [0, 0.1) is 0 Å². The van der Waals surface area contributed by atoms with Gasteiger partial charge in [0.15, 0.2) is 0 Å². The summed E-state index contributed by atoms with van der Waals surface area (Å²) >= 11 is 5.82. The molecule has 0 radical (unpaired) electrons. The average Bonchev–Trinajstić information content (AvgIpc) is 2.38. The second-order valence-corrected chi connectivity index (χ2v) is 5.64. The van der Waals surface area contributed by atoms with Crippen molar-refractivity contribution in [2.75, 3.05) is 26.7 Å². The van der Waals surface area contributed by atoms with Crippen molar-refractivity contribution in [1.29, 1.82) is 0 Å². The molecular formula is C15H25ClN2O. The van der Waals surface area contributed by atoms with Gasteiger partial charge in [-0.1, -0.05) is 23.7 Å². The number of hydrogen-bond donors (Lipinski definition) is 2. The molecule has 0 saturated carbocycles. The molecule has 19 heavy (non-hydrogen) atoms. The normalized spacial score (nSPS) is 13.2. The summed E-state index contributed by atoms with van der Waals surface area (Å²) in [6.07, 6.45) is 0.613. The van der Waals surface area contributed by atoms with Gasteiger partial charge in [-0.05, 0) is 58.1 Å². The van der Waals surface area contributed by atoms with Crippen LogP contribution in [0.1, 0.15) is 31.9 Å². The molecule has 0 spiro atoms. The number of nitrogens with zero attached hydrogens (tertiary/aromatic N) is 1. The Bertz CT molecular complexity index is 354. The summed E-state index contributed by atoms with van der Waals surface area (Å²) in [5.74, 6) is 0. The lowest BCUT2D eigenvalue weighted by molar-refractivity contribution is 0.173. The van der Waals surface area contributed by atoms with Gasteiger partial charge in [0.25, 0.3) is 0 Å². The van der Waals surface area contributed by atoms with Crippen molar-refractivity contribution in [3.63, 3.8) is 0 Å². The Hall–Kier alpha value is -0.610. The zero-order chi connectivity index (χ0) is 14.3. The van der Waals surface area contributed by atoms with Crippen LogP contribution in [-0.4, -0.2) is 42.7 Å². The summed E-state index contributed by atoms with van der Waals surface area (Å²) in [5.41, 5.74) is 0.899. The quantitative estimate of drug-likeness (QED) is 0.721. The van der Waals surface area contributed by atoms with E-state index in [9.17, 15) is 5.11 Å². The molecule has 0 aliphatic carbocycles. The molecule has 0 fully saturated rings. The van der Waals surface area contributed by atoms with E-state index in [-0.39, 0.29) is 0 Å².